The largest absolute Gasteiger partial charge is 0.495 e. The number of methoxy groups -OCH3 is 1. The van der Waals surface area contributed by atoms with Crippen molar-refractivity contribution >= 4 is 15.9 Å². The van der Waals surface area contributed by atoms with Crippen LogP contribution in [0.15, 0.2) is 27.6 Å². The number of likely N-dealkylation sites (tertiary alicyclic amines) is 1. The van der Waals surface area contributed by atoms with Crippen LogP contribution >= 0.6 is 0 Å². The van der Waals surface area contributed by atoms with E-state index in [1.807, 2.05) is 0 Å². The van der Waals surface area contributed by atoms with Crippen LogP contribution < -0.4 is 4.74 Å². The minimum atomic E-state index is -3.80. The number of rotatable bonds is 5. The molecule has 1 amide bonds. The maximum absolute atomic E-state index is 13.2. The van der Waals surface area contributed by atoms with Gasteiger partial charge in [0.1, 0.15) is 10.6 Å². The summed E-state index contributed by atoms with van der Waals surface area (Å²) in [4.78, 5) is 19.1. The van der Waals surface area contributed by atoms with E-state index in [4.69, 9.17) is 14.0 Å². The maximum atomic E-state index is 13.2. The summed E-state index contributed by atoms with van der Waals surface area (Å²) < 4.78 is 43.5. The normalized spacial score (nSPS) is 18.8. The third kappa shape index (κ3) is 4.43. The molecule has 2 aliphatic heterocycles. The van der Waals surface area contributed by atoms with Gasteiger partial charge in [0.2, 0.25) is 15.9 Å². The molecular formula is C20H26N4O6S. The first-order valence-corrected chi connectivity index (χ1v) is 11.7. The molecule has 2 aromatic rings. The van der Waals surface area contributed by atoms with Gasteiger partial charge in [-0.1, -0.05) is 5.16 Å². The van der Waals surface area contributed by atoms with E-state index < -0.39 is 10.0 Å². The number of morpholine rings is 1. The predicted molar refractivity (Wildman–Crippen MR) is 109 cm³/mol. The van der Waals surface area contributed by atoms with Crippen molar-refractivity contribution in [2.45, 2.75) is 30.6 Å². The summed E-state index contributed by atoms with van der Waals surface area (Å²) in [6, 6.07) is 4.56. The van der Waals surface area contributed by atoms with Crippen molar-refractivity contribution in [3.05, 3.63) is 35.5 Å². The Morgan fingerprint density at radius 2 is 1.87 bits per heavy atom. The smallest absolute Gasteiger partial charge is 0.253 e. The van der Waals surface area contributed by atoms with Crippen LogP contribution in [0.25, 0.3) is 0 Å². The van der Waals surface area contributed by atoms with Crippen LogP contribution in [-0.2, 0) is 14.8 Å². The zero-order valence-corrected chi connectivity index (χ0v) is 18.4. The molecule has 2 saturated heterocycles. The van der Waals surface area contributed by atoms with Crippen LogP contribution in [0.2, 0.25) is 0 Å². The minimum Gasteiger partial charge on any atom is -0.495 e. The topological polar surface area (TPSA) is 115 Å². The molecule has 0 saturated carbocycles. The van der Waals surface area contributed by atoms with E-state index in [2.05, 4.69) is 10.1 Å². The Morgan fingerprint density at radius 1 is 1.16 bits per heavy atom. The van der Waals surface area contributed by atoms with E-state index in [9.17, 15) is 13.2 Å². The molecular weight excluding hydrogens is 424 g/mol. The first-order valence-electron chi connectivity index (χ1n) is 10.3. The number of aromatic nitrogens is 2. The first-order chi connectivity index (χ1) is 14.9. The quantitative estimate of drug-likeness (QED) is 0.672. The average molecular weight is 451 g/mol. The SMILES string of the molecule is COc1ccc(C(=O)N2CCC(c3nc(C)no3)CC2)cc1S(=O)(=O)N1CCOCC1. The van der Waals surface area contributed by atoms with Gasteiger partial charge in [-0.3, -0.25) is 4.79 Å². The number of piperidine rings is 1. The van der Waals surface area contributed by atoms with Gasteiger partial charge in [0.05, 0.1) is 20.3 Å². The first kappa shape index (κ1) is 21.7. The van der Waals surface area contributed by atoms with Gasteiger partial charge in [0.25, 0.3) is 5.91 Å². The van der Waals surface area contributed by atoms with Crippen molar-refractivity contribution < 1.29 is 27.2 Å². The lowest BCUT2D eigenvalue weighted by atomic mass is 9.96. The highest BCUT2D eigenvalue weighted by Gasteiger charge is 2.32. The third-order valence-electron chi connectivity index (χ3n) is 5.67. The Bertz CT molecular complexity index is 1040. The average Bonchev–Trinajstić information content (AvgIpc) is 3.25. The Morgan fingerprint density at radius 3 is 2.48 bits per heavy atom. The Labute approximate surface area is 181 Å². The number of sulfonamides is 1. The summed E-state index contributed by atoms with van der Waals surface area (Å²) >= 11 is 0. The summed E-state index contributed by atoms with van der Waals surface area (Å²) in [6.07, 6.45) is 1.42. The molecule has 0 N–H and O–H groups in total. The molecule has 0 atom stereocenters. The van der Waals surface area contributed by atoms with Gasteiger partial charge in [0, 0.05) is 37.7 Å². The zero-order valence-electron chi connectivity index (χ0n) is 17.6. The molecule has 0 bridgehead atoms. The van der Waals surface area contributed by atoms with Crippen LogP contribution in [0.5, 0.6) is 5.75 Å². The van der Waals surface area contributed by atoms with E-state index in [-0.39, 0.29) is 35.6 Å². The highest BCUT2D eigenvalue weighted by atomic mass is 32.2. The number of aryl methyl sites for hydroxylation is 1. The highest BCUT2D eigenvalue weighted by molar-refractivity contribution is 7.89. The Hall–Kier alpha value is -2.50. The molecule has 11 heteroatoms. The lowest BCUT2D eigenvalue weighted by molar-refractivity contribution is 0.0703. The molecule has 2 aliphatic rings. The van der Waals surface area contributed by atoms with E-state index in [0.29, 0.717) is 56.4 Å². The number of nitrogens with zero attached hydrogens (tertiary/aromatic N) is 4. The maximum Gasteiger partial charge on any atom is 0.253 e. The molecule has 1 aromatic heterocycles. The Kier molecular flexibility index (Phi) is 6.26. The van der Waals surface area contributed by atoms with Crippen molar-refractivity contribution in [3.63, 3.8) is 0 Å². The van der Waals surface area contributed by atoms with Gasteiger partial charge >= 0.3 is 0 Å². The van der Waals surface area contributed by atoms with Crippen LogP contribution in [0.4, 0.5) is 0 Å². The molecule has 31 heavy (non-hydrogen) atoms. The highest BCUT2D eigenvalue weighted by Crippen LogP contribution is 2.31. The van der Waals surface area contributed by atoms with Gasteiger partial charge in [-0.25, -0.2) is 8.42 Å². The van der Waals surface area contributed by atoms with E-state index >= 15 is 0 Å². The number of hydrogen-bond donors (Lipinski definition) is 0. The van der Waals surface area contributed by atoms with E-state index in [1.54, 1.807) is 17.9 Å². The Balaban J connectivity index is 1.52. The minimum absolute atomic E-state index is 0.000953. The number of ether oxygens (including phenoxy) is 2. The number of amides is 1. The molecule has 168 valence electrons. The van der Waals surface area contributed by atoms with Gasteiger partial charge in [-0.2, -0.15) is 9.29 Å². The third-order valence-corrected chi connectivity index (χ3v) is 7.59. The second-order valence-electron chi connectivity index (χ2n) is 7.63. The second kappa shape index (κ2) is 8.93. The summed E-state index contributed by atoms with van der Waals surface area (Å²) in [6.45, 7) is 4.06. The van der Waals surface area contributed by atoms with Gasteiger partial charge in [-0.05, 0) is 38.0 Å². The zero-order chi connectivity index (χ0) is 22.0. The van der Waals surface area contributed by atoms with Crippen molar-refractivity contribution in [1.29, 1.82) is 0 Å². The fourth-order valence-electron chi connectivity index (χ4n) is 3.93. The van der Waals surface area contributed by atoms with Gasteiger partial charge in [-0.15, -0.1) is 0 Å². The molecule has 0 radical (unpaired) electrons. The fourth-order valence-corrected chi connectivity index (χ4v) is 5.52. The van der Waals surface area contributed by atoms with Gasteiger partial charge in [0.15, 0.2) is 5.82 Å². The second-order valence-corrected chi connectivity index (χ2v) is 9.53. The summed E-state index contributed by atoms with van der Waals surface area (Å²) in [5, 5.41) is 3.83. The molecule has 10 nitrogen and oxygen atoms in total. The van der Waals surface area contributed by atoms with Crippen molar-refractivity contribution in [2.24, 2.45) is 0 Å². The monoisotopic (exact) mass is 450 g/mol. The van der Waals surface area contributed by atoms with Gasteiger partial charge < -0.3 is 18.9 Å². The van der Waals surface area contributed by atoms with Crippen molar-refractivity contribution in [2.75, 3.05) is 46.5 Å². The van der Waals surface area contributed by atoms with Crippen LogP contribution in [0.3, 0.4) is 0 Å². The molecule has 4 rings (SSSR count). The number of hydrogen-bond acceptors (Lipinski definition) is 8. The number of carbonyl (C=O) groups excluding carboxylic acids is 1. The number of benzene rings is 1. The van der Waals surface area contributed by atoms with E-state index in [1.165, 1.54) is 23.5 Å². The summed E-state index contributed by atoms with van der Waals surface area (Å²) in [5.41, 5.74) is 0.319. The number of carbonyl (C=O) groups is 1. The fraction of sp³-hybridized carbons (Fsp3) is 0.550. The lowest BCUT2D eigenvalue weighted by Gasteiger charge is -2.31. The molecule has 2 fully saturated rings. The molecule has 1 aromatic carbocycles. The van der Waals surface area contributed by atoms with Crippen molar-refractivity contribution in [3.8, 4) is 5.75 Å². The van der Waals surface area contributed by atoms with Crippen LogP contribution in [-0.4, -0.2) is 80.2 Å². The molecule has 3 heterocycles. The molecule has 0 aliphatic carbocycles. The van der Waals surface area contributed by atoms with Crippen LogP contribution in [0, 0.1) is 6.92 Å². The molecule has 0 unspecified atom stereocenters. The lowest BCUT2D eigenvalue weighted by Crippen LogP contribution is -2.41. The van der Waals surface area contributed by atoms with Crippen LogP contribution in [0.1, 0.15) is 40.8 Å². The summed E-state index contributed by atoms with van der Waals surface area (Å²) in [5.74, 6) is 1.34. The predicted octanol–water partition coefficient (Wildman–Crippen LogP) is 1.43. The molecule has 0 spiro atoms. The summed E-state index contributed by atoms with van der Waals surface area (Å²) in [7, 11) is -2.39. The standard InChI is InChI=1S/C20H26N4O6S/c1-14-21-19(30-22-14)15-5-7-23(8-6-15)20(25)16-3-4-17(28-2)18(13-16)31(26,27)24-9-11-29-12-10-24/h3-4,13,15H,5-12H2,1-2H3. The van der Waals surface area contributed by atoms with Crippen molar-refractivity contribution in [1.82, 2.24) is 19.3 Å². The van der Waals surface area contributed by atoms with E-state index in [0.717, 1.165) is 0 Å².